The minimum absolute atomic E-state index is 0.108. The van der Waals surface area contributed by atoms with E-state index in [4.69, 9.17) is 20.2 Å². The largest absolute Gasteiger partial charge is 0.488 e. The molecule has 0 aliphatic rings. The van der Waals surface area contributed by atoms with Crippen molar-refractivity contribution in [3.8, 4) is 5.75 Å². The number of benzene rings is 1. The van der Waals surface area contributed by atoms with Crippen LogP contribution in [0.1, 0.15) is 41.5 Å². The second kappa shape index (κ2) is 8.67. The van der Waals surface area contributed by atoms with E-state index in [0.717, 1.165) is 5.75 Å². The first kappa shape index (κ1) is 22.2. The maximum absolute atomic E-state index is 6.49. The highest BCUT2D eigenvalue weighted by Gasteiger charge is 2.40. The van der Waals surface area contributed by atoms with Crippen LogP contribution in [0.15, 0.2) is 36.4 Å². The van der Waals surface area contributed by atoms with Gasteiger partial charge >= 0.3 is 0 Å². The van der Waals surface area contributed by atoms with Crippen LogP contribution in [-0.4, -0.2) is 30.5 Å². The van der Waals surface area contributed by atoms with Gasteiger partial charge in [-0.1, -0.05) is 66.3 Å². The van der Waals surface area contributed by atoms with E-state index in [2.05, 4.69) is 54.6 Å². The molecule has 0 aliphatic heterocycles. The van der Waals surface area contributed by atoms with Gasteiger partial charge in [0.25, 0.3) is 0 Å². The van der Waals surface area contributed by atoms with E-state index in [0.29, 0.717) is 0 Å². The summed E-state index contributed by atoms with van der Waals surface area (Å²) in [7, 11) is -3.13. The van der Waals surface area contributed by atoms with Crippen molar-refractivity contribution < 1.29 is 13.6 Å². The zero-order valence-corrected chi connectivity index (χ0v) is 19.4. The van der Waals surface area contributed by atoms with Gasteiger partial charge in [-0.25, -0.2) is 0 Å². The number of rotatable bonds is 8. The van der Waals surface area contributed by atoms with E-state index in [1.165, 1.54) is 0 Å². The van der Waals surface area contributed by atoms with E-state index < -0.39 is 23.9 Å². The highest BCUT2D eigenvalue weighted by molar-refractivity contribution is 6.55. The first-order valence-corrected chi connectivity index (χ1v) is 13.4. The van der Waals surface area contributed by atoms with Crippen molar-refractivity contribution in [1.29, 1.82) is 0 Å². The highest BCUT2D eigenvalue weighted by Crippen LogP contribution is 2.35. The van der Waals surface area contributed by atoms with Crippen LogP contribution in [0.2, 0.25) is 23.2 Å². The molecule has 0 N–H and O–H groups in total. The fraction of sp³-hybridized carbons (Fsp3) is 0.600. The van der Waals surface area contributed by atoms with E-state index in [-0.39, 0.29) is 16.7 Å². The van der Waals surface area contributed by atoms with E-state index >= 15 is 0 Å². The SMILES string of the molecule is [CH]=CC(COc1ccccc1)(O[SiH](C)C(C)(C)C)O[SiH](C)C(C)(C)C. The molecule has 0 bridgehead atoms. The van der Waals surface area contributed by atoms with Gasteiger partial charge in [-0.15, -0.1) is 0 Å². The molecule has 0 saturated carbocycles. The predicted molar refractivity (Wildman–Crippen MR) is 111 cm³/mol. The third-order valence-corrected chi connectivity index (χ3v) is 11.0. The van der Waals surface area contributed by atoms with E-state index in [1.54, 1.807) is 6.08 Å². The Kier molecular flexibility index (Phi) is 7.68. The second-order valence-electron chi connectivity index (χ2n) is 8.83. The Labute approximate surface area is 157 Å². The molecule has 0 heterocycles. The van der Waals surface area contributed by atoms with Gasteiger partial charge in [-0.2, -0.15) is 0 Å². The molecular formula is C20H35O3Si2. The molecule has 2 unspecified atom stereocenters. The van der Waals surface area contributed by atoms with Crippen LogP contribution in [0.3, 0.4) is 0 Å². The first-order valence-electron chi connectivity index (χ1n) is 8.99. The Bertz CT molecular complexity index is 510. The molecule has 1 aromatic rings. The van der Waals surface area contributed by atoms with E-state index in [1.807, 2.05) is 30.3 Å². The summed E-state index contributed by atoms with van der Waals surface area (Å²) in [6.45, 7) is 23.9. The van der Waals surface area contributed by atoms with E-state index in [9.17, 15) is 0 Å². The average Bonchev–Trinajstić information content (AvgIpc) is 2.51. The van der Waals surface area contributed by atoms with Crippen LogP contribution in [0.4, 0.5) is 0 Å². The molecule has 5 heteroatoms. The third kappa shape index (κ3) is 7.09. The topological polar surface area (TPSA) is 27.7 Å². The summed E-state index contributed by atoms with van der Waals surface area (Å²) in [6, 6.07) is 9.71. The molecule has 0 spiro atoms. The molecule has 0 amide bonds. The standard InChI is InChI=1S/C20H35O3Si2/c1-10-20(22-24(8)18(2,3)4,23-25(9)19(5,6)7)16-21-17-14-12-11-13-15-17/h1,10-15,24-25H,16H2,2-9H3. The molecule has 141 valence electrons. The van der Waals surface area contributed by atoms with Crippen molar-refractivity contribution in [3.05, 3.63) is 43.0 Å². The van der Waals surface area contributed by atoms with Crippen molar-refractivity contribution in [3.63, 3.8) is 0 Å². The van der Waals surface area contributed by atoms with Gasteiger partial charge in [-0.3, -0.25) is 0 Å². The second-order valence-corrected chi connectivity index (χ2v) is 15.3. The normalized spacial score (nSPS) is 17.4. The summed E-state index contributed by atoms with van der Waals surface area (Å²) in [5.41, 5.74) is 0. The van der Waals surface area contributed by atoms with Crippen LogP contribution in [0, 0.1) is 6.58 Å². The number of hydrogen-bond donors (Lipinski definition) is 0. The Morgan fingerprint density at radius 2 is 1.32 bits per heavy atom. The summed E-state index contributed by atoms with van der Waals surface area (Å²) >= 11 is 0. The van der Waals surface area contributed by atoms with Crippen LogP contribution in [-0.2, 0) is 8.85 Å². The molecule has 1 rings (SSSR count). The molecule has 0 aromatic heterocycles. The van der Waals surface area contributed by atoms with Gasteiger partial charge < -0.3 is 13.6 Å². The van der Waals surface area contributed by atoms with Gasteiger partial charge in [0.2, 0.25) is 5.79 Å². The van der Waals surface area contributed by atoms with Crippen LogP contribution in [0.5, 0.6) is 5.75 Å². The van der Waals surface area contributed by atoms with Crippen LogP contribution in [0.25, 0.3) is 0 Å². The monoisotopic (exact) mass is 379 g/mol. The van der Waals surface area contributed by atoms with Gasteiger partial charge in [0.15, 0.2) is 18.1 Å². The fourth-order valence-electron chi connectivity index (χ4n) is 1.88. The number of ether oxygens (including phenoxy) is 1. The minimum Gasteiger partial charge on any atom is -0.488 e. The zero-order valence-electron chi connectivity index (χ0n) is 17.1. The lowest BCUT2D eigenvalue weighted by Gasteiger charge is -2.41. The summed E-state index contributed by atoms with van der Waals surface area (Å²) in [5, 5.41) is 0.216. The van der Waals surface area contributed by atoms with Crippen molar-refractivity contribution in [1.82, 2.24) is 0 Å². The summed E-state index contributed by atoms with van der Waals surface area (Å²) in [6.07, 6.45) is 1.54. The molecule has 1 aromatic carbocycles. The van der Waals surface area contributed by atoms with Gasteiger partial charge in [0, 0.05) is 0 Å². The Hall–Kier alpha value is -0.886. The molecule has 0 aliphatic carbocycles. The van der Waals surface area contributed by atoms with Gasteiger partial charge in [0.05, 0.1) is 0 Å². The molecule has 0 saturated heterocycles. The molecule has 2 atom stereocenters. The lowest BCUT2D eigenvalue weighted by Crippen LogP contribution is -2.50. The van der Waals surface area contributed by atoms with Crippen molar-refractivity contribution >= 4 is 18.1 Å². The third-order valence-electron chi connectivity index (χ3n) is 4.63. The molecule has 1 radical (unpaired) electrons. The minimum atomic E-state index is -1.57. The summed E-state index contributed by atoms with van der Waals surface area (Å²) in [5.74, 6) is -0.204. The molecule has 3 nitrogen and oxygen atoms in total. The Morgan fingerprint density at radius 3 is 1.68 bits per heavy atom. The van der Waals surface area contributed by atoms with Crippen molar-refractivity contribution in [2.75, 3.05) is 6.61 Å². The van der Waals surface area contributed by atoms with Crippen LogP contribution >= 0.6 is 0 Å². The maximum atomic E-state index is 6.49. The maximum Gasteiger partial charge on any atom is 0.204 e. The van der Waals surface area contributed by atoms with Crippen molar-refractivity contribution in [2.24, 2.45) is 0 Å². The summed E-state index contributed by atoms with van der Waals surface area (Å²) in [4.78, 5) is 0. The predicted octanol–water partition coefficient (Wildman–Crippen LogP) is 5.09. The Morgan fingerprint density at radius 1 is 0.880 bits per heavy atom. The molecule has 25 heavy (non-hydrogen) atoms. The van der Waals surface area contributed by atoms with Gasteiger partial charge in [-0.05, 0) is 41.4 Å². The fourth-order valence-corrected chi connectivity index (χ4v) is 4.29. The van der Waals surface area contributed by atoms with Gasteiger partial charge in [0.1, 0.15) is 12.4 Å². The number of hydrogen-bond acceptors (Lipinski definition) is 3. The smallest absolute Gasteiger partial charge is 0.204 e. The first-order chi connectivity index (χ1) is 11.4. The highest BCUT2D eigenvalue weighted by atomic mass is 28.3. The lowest BCUT2D eigenvalue weighted by atomic mass is 10.2. The van der Waals surface area contributed by atoms with Crippen LogP contribution < -0.4 is 4.74 Å². The van der Waals surface area contributed by atoms with Crippen molar-refractivity contribution in [2.45, 2.75) is 70.5 Å². The number of para-hydroxylation sites is 1. The average molecular weight is 380 g/mol. The molecule has 0 fully saturated rings. The quantitative estimate of drug-likeness (QED) is 0.465. The molecular weight excluding hydrogens is 344 g/mol. The summed E-state index contributed by atoms with van der Waals surface area (Å²) < 4.78 is 18.9. The Balaban J connectivity index is 3.02. The zero-order chi connectivity index (χ0) is 19.3. The lowest BCUT2D eigenvalue weighted by molar-refractivity contribution is -0.108.